The topological polar surface area (TPSA) is 68.8 Å². The van der Waals surface area contributed by atoms with Crippen LogP contribution in [0.1, 0.15) is 29.7 Å². The van der Waals surface area contributed by atoms with Crippen molar-refractivity contribution in [2.24, 2.45) is 0 Å². The molecule has 4 heteroatoms. The maximum atomic E-state index is 9.21. The normalized spacial score (nSPS) is 11.0. The monoisotopic (exact) mass is 277 g/mol. The Morgan fingerprint density at radius 2 is 1.76 bits per heavy atom. The lowest BCUT2D eigenvalue weighted by molar-refractivity contribution is 0.416. The first-order chi connectivity index (χ1) is 10.2. The molecule has 0 aliphatic carbocycles. The molecule has 2 aromatic carbocycles. The third-order valence-electron chi connectivity index (χ3n) is 3.27. The van der Waals surface area contributed by atoms with Crippen molar-refractivity contribution in [1.82, 2.24) is 0 Å². The smallest absolute Gasteiger partial charge is 0.143 e. The molecule has 0 aliphatic heterocycles. The van der Waals surface area contributed by atoms with Crippen molar-refractivity contribution in [3.8, 4) is 17.9 Å². The summed E-state index contributed by atoms with van der Waals surface area (Å²) >= 11 is 0. The van der Waals surface area contributed by atoms with Gasteiger partial charge in [0.25, 0.3) is 0 Å². The first kappa shape index (κ1) is 14.4. The van der Waals surface area contributed by atoms with Crippen LogP contribution in [-0.4, -0.2) is 7.11 Å². The molecule has 0 saturated carbocycles. The third-order valence-corrected chi connectivity index (χ3v) is 3.27. The van der Waals surface area contributed by atoms with E-state index >= 15 is 0 Å². The standard InChI is InChI=1S/C17H15N3O/c1-12(14-8-6-13(10-18)7-9-14)20-17-15(11-19)4-3-5-16(17)21-2/h3-9,12,20H,1-2H3. The van der Waals surface area contributed by atoms with Gasteiger partial charge in [-0.1, -0.05) is 18.2 Å². The van der Waals surface area contributed by atoms with Crippen molar-refractivity contribution < 1.29 is 4.74 Å². The van der Waals surface area contributed by atoms with Crippen molar-refractivity contribution in [3.05, 3.63) is 59.2 Å². The lowest BCUT2D eigenvalue weighted by atomic mass is 10.1. The summed E-state index contributed by atoms with van der Waals surface area (Å²) in [6, 6.07) is 16.9. The molecule has 2 aromatic rings. The Morgan fingerprint density at radius 3 is 2.33 bits per heavy atom. The van der Waals surface area contributed by atoms with Crippen molar-refractivity contribution in [2.45, 2.75) is 13.0 Å². The van der Waals surface area contributed by atoms with Gasteiger partial charge in [-0.05, 0) is 36.8 Å². The Balaban J connectivity index is 2.29. The van der Waals surface area contributed by atoms with Crippen LogP contribution in [0.3, 0.4) is 0 Å². The molecule has 4 nitrogen and oxygen atoms in total. The quantitative estimate of drug-likeness (QED) is 0.926. The number of methoxy groups -OCH3 is 1. The minimum atomic E-state index is -0.0128. The van der Waals surface area contributed by atoms with Gasteiger partial charge in [0.2, 0.25) is 0 Å². The van der Waals surface area contributed by atoms with Crippen LogP contribution in [0.2, 0.25) is 0 Å². The summed E-state index contributed by atoms with van der Waals surface area (Å²) in [5, 5.41) is 21.3. The van der Waals surface area contributed by atoms with E-state index in [9.17, 15) is 5.26 Å². The van der Waals surface area contributed by atoms with Gasteiger partial charge in [0, 0.05) is 6.04 Å². The summed E-state index contributed by atoms with van der Waals surface area (Å²) in [5.41, 5.74) is 2.87. The van der Waals surface area contributed by atoms with Crippen LogP contribution in [0.4, 0.5) is 5.69 Å². The molecule has 0 fully saturated rings. The molecule has 0 aromatic heterocycles. The predicted octanol–water partition coefficient (Wildman–Crippen LogP) is 3.61. The summed E-state index contributed by atoms with van der Waals surface area (Å²) in [4.78, 5) is 0. The van der Waals surface area contributed by atoms with Gasteiger partial charge < -0.3 is 10.1 Å². The molecule has 0 spiro atoms. The van der Waals surface area contributed by atoms with E-state index < -0.39 is 0 Å². The van der Waals surface area contributed by atoms with Crippen molar-refractivity contribution >= 4 is 5.69 Å². The van der Waals surface area contributed by atoms with Gasteiger partial charge >= 0.3 is 0 Å². The van der Waals surface area contributed by atoms with Crippen LogP contribution in [0.25, 0.3) is 0 Å². The summed E-state index contributed by atoms with van der Waals surface area (Å²) in [5.74, 6) is 0.634. The number of nitriles is 2. The molecule has 1 N–H and O–H groups in total. The number of hydrogen-bond acceptors (Lipinski definition) is 4. The number of ether oxygens (including phenoxy) is 1. The lowest BCUT2D eigenvalue weighted by Gasteiger charge is -2.19. The maximum absolute atomic E-state index is 9.21. The Labute approximate surface area is 124 Å². The van der Waals surface area contributed by atoms with Gasteiger partial charge in [0.1, 0.15) is 11.8 Å². The summed E-state index contributed by atoms with van der Waals surface area (Å²) in [6.07, 6.45) is 0. The van der Waals surface area contributed by atoms with E-state index in [-0.39, 0.29) is 6.04 Å². The molecule has 0 aliphatic rings. The average Bonchev–Trinajstić information content (AvgIpc) is 2.55. The summed E-state index contributed by atoms with van der Waals surface area (Å²) in [7, 11) is 1.58. The highest BCUT2D eigenvalue weighted by atomic mass is 16.5. The molecule has 1 atom stereocenters. The van der Waals surface area contributed by atoms with Crippen molar-refractivity contribution in [3.63, 3.8) is 0 Å². The number of nitrogens with one attached hydrogen (secondary N) is 1. The Morgan fingerprint density at radius 1 is 1.05 bits per heavy atom. The molecule has 0 heterocycles. The SMILES string of the molecule is COc1cccc(C#N)c1NC(C)c1ccc(C#N)cc1. The molecule has 104 valence electrons. The fourth-order valence-electron chi connectivity index (χ4n) is 2.09. The number of nitrogens with zero attached hydrogens (tertiary/aromatic N) is 2. The largest absolute Gasteiger partial charge is 0.495 e. The van der Waals surface area contributed by atoms with E-state index in [2.05, 4.69) is 17.5 Å². The number of anilines is 1. The molecule has 0 amide bonds. The fraction of sp³-hybridized carbons (Fsp3) is 0.176. The van der Waals surface area contributed by atoms with Crippen molar-refractivity contribution in [1.29, 1.82) is 10.5 Å². The zero-order valence-corrected chi connectivity index (χ0v) is 11.9. The van der Waals surface area contributed by atoms with Gasteiger partial charge in [0.05, 0.1) is 30.0 Å². The second-order valence-electron chi connectivity index (χ2n) is 4.59. The number of para-hydroxylation sites is 1. The van der Waals surface area contributed by atoms with E-state index in [0.717, 1.165) is 5.56 Å². The molecule has 21 heavy (non-hydrogen) atoms. The number of rotatable bonds is 4. The van der Waals surface area contributed by atoms with E-state index in [1.54, 1.807) is 31.4 Å². The minimum Gasteiger partial charge on any atom is -0.495 e. The van der Waals surface area contributed by atoms with Crippen molar-refractivity contribution in [2.75, 3.05) is 12.4 Å². The Hall–Kier alpha value is -2.98. The lowest BCUT2D eigenvalue weighted by Crippen LogP contribution is -2.09. The Bertz CT molecular complexity index is 708. The molecule has 1 unspecified atom stereocenters. The third kappa shape index (κ3) is 3.13. The van der Waals surface area contributed by atoms with Gasteiger partial charge in [-0.15, -0.1) is 0 Å². The van der Waals surface area contributed by atoms with Crippen LogP contribution in [0, 0.1) is 22.7 Å². The fourth-order valence-corrected chi connectivity index (χ4v) is 2.09. The van der Waals surface area contributed by atoms with E-state index in [4.69, 9.17) is 10.00 Å². The van der Waals surface area contributed by atoms with Crippen LogP contribution < -0.4 is 10.1 Å². The van der Waals surface area contributed by atoms with E-state index in [1.807, 2.05) is 25.1 Å². The van der Waals surface area contributed by atoms with E-state index in [1.165, 1.54) is 0 Å². The van der Waals surface area contributed by atoms with Crippen LogP contribution >= 0.6 is 0 Å². The zero-order valence-electron chi connectivity index (χ0n) is 11.9. The van der Waals surface area contributed by atoms with Gasteiger partial charge in [-0.3, -0.25) is 0 Å². The predicted molar refractivity (Wildman–Crippen MR) is 80.9 cm³/mol. The molecule has 2 rings (SSSR count). The van der Waals surface area contributed by atoms with Crippen LogP contribution in [-0.2, 0) is 0 Å². The highest BCUT2D eigenvalue weighted by Gasteiger charge is 2.13. The minimum absolute atomic E-state index is 0.0128. The van der Waals surface area contributed by atoms with E-state index in [0.29, 0.717) is 22.6 Å². The summed E-state index contributed by atoms with van der Waals surface area (Å²) in [6.45, 7) is 2.00. The van der Waals surface area contributed by atoms with Gasteiger partial charge in [-0.2, -0.15) is 10.5 Å². The first-order valence-corrected chi connectivity index (χ1v) is 6.53. The summed E-state index contributed by atoms with van der Waals surface area (Å²) < 4.78 is 5.30. The molecule has 0 bridgehead atoms. The maximum Gasteiger partial charge on any atom is 0.143 e. The molecule has 0 saturated heterocycles. The highest BCUT2D eigenvalue weighted by molar-refractivity contribution is 5.67. The number of benzene rings is 2. The molecular formula is C17H15N3O. The Kier molecular flexibility index (Phi) is 4.43. The van der Waals surface area contributed by atoms with Crippen LogP contribution in [0.15, 0.2) is 42.5 Å². The van der Waals surface area contributed by atoms with Gasteiger partial charge in [-0.25, -0.2) is 0 Å². The number of hydrogen-bond donors (Lipinski definition) is 1. The molecule has 0 radical (unpaired) electrons. The first-order valence-electron chi connectivity index (χ1n) is 6.53. The van der Waals surface area contributed by atoms with Gasteiger partial charge in [0.15, 0.2) is 0 Å². The van der Waals surface area contributed by atoms with Crippen LogP contribution in [0.5, 0.6) is 5.75 Å². The zero-order chi connectivity index (χ0) is 15.2. The average molecular weight is 277 g/mol. The second kappa shape index (κ2) is 6.45. The second-order valence-corrected chi connectivity index (χ2v) is 4.59. The molecular weight excluding hydrogens is 262 g/mol. The highest BCUT2D eigenvalue weighted by Crippen LogP contribution is 2.31.